The SMILES string of the molecule is CCOC(=O)Nc1cccc(C(=O)NNC(=O)COc2ccc(F)cc2)c1. The monoisotopic (exact) mass is 375 g/mol. The van der Waals surface area contributed by atoms with Crippen LogP contribution in [-0.2, 0) is 9.53 Å². The first-order chi connectivity index (χ1) is 13.0. The number of carbonyl (C=O) groups excluding carboxylic acids is 3. The van der Waals surface area contributed by atoms with Crippen LogP contribution < -0.4 is 20.9 Å². The maximum atomic E-state index is 12.8. The van der Waals surface area contributed by atoms with E-state index in [0.717, 1.165) is 0 Å². The molecule has 0 radical (unpaired) electrons. The van der Waals surface area contributed by atoms with Gasteiger partial charge in [0, 0.05) is 11.3 Å². The molecule has 2 aromatic carbocycles. The van der Waals surface area contributed by atoms with Gasteiger partial charge in [-0.25, -0.2) is 9.18 Å². The summed E-state index contributed by atoms with van der Waals surface area (Å²) < 4.78 is 22.7. The minimum Gasteiger partial charge on any atom is -0.484 e. The lowest BCUT2D eigenvalue weighted by atomic mass is 10.2. The van der Waals surface area contributed by atoms with Crippen molar-refractivity contribution < 1.29 is 28.2 Å². The van der Waals surface area contributed by atoms with Crippen molar-refractivity contribution in [2.45, 2.75) is 6.92 Å². The fourth-order valence-electron chi connectivity index (χ4n) is 1.94. The molecule has 0 aliphatic heterocycles. The molecule has 0 atom stereocenters. The van der Waals surface area contributed by atoms with Gasteiger partial charge in [0.05, 0.1) is 6.61 Å². The molecule has 3 N–H and O–H groups in total. The zero-order chi connectivity index (χ0) is 19.6. The zero-order valence-corrected chi connectivity index (χ0v) is 14.5. The van der Waals surface area contributed by atoms with Crippen molar-refractivity contribution in [2.75, 3.05) is 18.5 Å². The smallest absolute Gasteiger partial charge is 0.411 e. The van der Waals surface area contributed by atoms with Gasteiger partial charge >= 0.3 is 6.09 Å². The standard InChI is InChI=1S/C18H18FN3O5/c1-2-26-18(25)20-14-5-3-4-12(10-14)17(24)22-21-16(23)11-27-15-8-6-13(19)7-9-15/h3-10H,2,11H2,1H3,(H,20,25)(H,21,23)(H,22,24). The van der Waals surface area contributed by atoms with Crippen molar-refractivity contribution >= 4 is 23.6 Å². The van der Waals surface area contributed by atoms with Crippen LogP contribution in [-0.4, -0.2) is 31.1 Å². The highest BCUT2D eigenvalue weighted by molar-refractivity contribution is 5.97. The van der Waals surface area contributed by atoms with E-state index in [4.69, 9.17) is 9.47 Å². The summed E-state index contributed by atoms with van der Waals surface area (Å²) in [6.45, 7) is 1.53. The molecule has 0 spiro atoms. The average molecular weight is 375 g/mol. The summed E-state index contributed by atoms with van der Waals surface area (Å²) in [6, 6.07) is 11.2. The molecule has 0 aromatic heterocycles. The van der Waals surface area contributed by atoms with Crippen molar-refractivity contribution in [1.82, 2.24) is 10.9 Å². The number of anilines is 1. The van der Waals surface area contributed by atoms with Gasteiger partial charge in [0.25, 0.3) is 11.8 Å². The molecule has 0 aliphatic rings. The second-order valence-corrected chi connectivity index (χ2v) is 5.17. The van der Waals surface area contributed by atoms with E-state index in [9.17, 15) is 18.8 Å². The summed E-state index contributed by atoms with van der Waals surface area (Å²) in [5.41, 5.74) is 5.00. The van der Waals surface area contributed by atoms with Crippen LogP contribution in [0.3, 0.4) is 0 Å². The van der Waals surface area contributed by atoms with Gasteiger partial charge in [0.2, 0.25) is 0 Å². The maximum absolute atomic E-state index is 12.8. The fraction of sp³-hybridized carbons (Fsp3) is 0.167. The van der Waals surface area contributed by atoms with Gasteiger partial charge in [-0.3, -0.25) is 25.8 Å². The van der Waals surface area contributed by atoms with Gasteiger partial charge in [-0.1, -0.05) is 6.07 Å². The minimum atomic E-state index is -0.638. The van der Waals surface area contributed by atoms with E-state index in [-0.39, 0.29) is 18.8 Å². The molecule has 0 saturated heterocycles. The lowest BCUT2D eigenvalue weighted by molar-refractivity contribution is -0.123. The maximum Gasteiger partial charge on any atom is 0.411 e. The molecule has 0 aliphatic carbocycles. The molecule has 3 amide bonds. The Morgan fingerprint density at radius 1 is 1.04 bits per heavy atom. The summed E-state index contributed by atoms with van der Waals surface area (Å²) in [4.78, 5) is 35.2. The molecule has 0 fully saturated rings. The first-order valence-electron chi connectivity index (χ1n) is 7.99. The number of carbonyl (C=O) groups is 3. The number of rotatable bonds is 6. The minimum absolute atomic E-state index is 0.212. The number of halogens is 1. The second-order valence-electron chi connectivity index (χ2n) is 5.17. The van der Waals surface area contributed by atoms with Gasteiger partial charge in [-0.2, -0.15) is 0 Å². The van der Waals surface area contributed by atoms with Crippen LogP contribution in [0.2, 0.25) is 0 Å². The van der Waals surface area contributed by atoms with Gasteiger partial charge in [0.15, 0.2) is 6.61 Å². The number of hydrazine groups is 1. The Bertz CT molecular complexity index is 811. The Morgan fingerprint density at radius 3 is 2.48 bits per heavy atom. The topological polar surface area (TPSA) is 106 Å². The van der Waals surface area contributed by atoms with Crippen molar-refractivity contribution in [1.29, 1.82) is 0 Å². The van der Waals surface area contributed by atoms with Crippen LogP contribution in [0.25, 0.3) is 0 Å². The first kappa shape index (κ1) is 19.7. The van der Waals surface area contributed by atoms with Crippen LogP contribution in [0, 0.1) is 5.82 Å². The van der Waals surface area contributed by atoms with Gasteiger partial charge < -0.3 is 9.47 Å². The zero-order valence-electron chi connectivity index (χ0n) is 14.5. The number of amides is 3. The van der Waals surface area contributed by atoms with Gasteiger partial charge in [-0.15, -0.1) is 0 Å². The molecule has 0 heterocycles. The number of hydrogen-bond donors (Lipinski definition) is 3. The third-order valence-electron chi connectivity index (χ3n) is 3.15. The highest BCUT2D eigenvalue weighted by Crippen LogP contribution is 2.11. The van der Waals surface area contributed by atoms with E-state index in [1.807, 2.05) is 0 Å². The number of nitrogens with one attached hydrogen (secondary N) is 3. The molecule has 2 aromatic rings. The van der Waals surface area contributed by atoms with Crippen molar-refractivity contribution in [2.24, 2.45) is 0 Å². The highest BCUT2D eigenvalue weighted by Gasteiger charge is 2.10. The van der Waals surface area contributed by atoms with Gasteiger partial charge in [0.1, 0.15) is 11.6 Å². The van der Waals surface area contributed by atoms with Crippen LogP contribution in [0.15, 0.2) is 48.5 Å². The number of benzene rings is 2. The molecular weight excluding hydrogens is 357 g/mol. The third-order valence-corrected chi connectivity index (χ3v) is 3.15. The molecule has 9 heteroatoms. The molecule has 0 saturated carbocycles. The molecule has 0 bridgehead atoms. The molecule has 2 rings (SSSR count). The van der Waals surface area contributed by atoms with E-state index in [1.165, 1.54) is 36.4 Å². The molecule has 8 nitrogen and oxygen atoms in total. The quantitative estimate of drug-likeness (QED) is 0.672. The lowest BCUT2D eigenvalue weighted by Crippen LogP contribution is -2.43. The predicted octanol–water partition coefficient (Wildman–Crippen LogP) is 2.23. The summed E-state index contributed by atoms with van der Waals surface area (Å²) in [5.74, 6) is -1.29. The first-order valence-corrected chi connectivity index (χ1v) is 7.99. The van der Waals surface area contributed by atoms with E-state index in [0.29, 0.717) is 11.4 Å². The molecule has 0 unspecified atom stereocenters. The van der Waals surface area contributed by atoms with E-state index in [2.05, 4.69) is 16.2 Å². The van der Waals surface area contributed by atoms with Crippen molar-refractivity contribution in [3.63, 3.8) is 0 Å². The Labute approximate surface area is 154 Å². The van der Waals surface area contributed by atoms with E-state index < -0.39 is 23.7 Å². The normalized spacial score (nSPS) is 9.85. The van der Waals surface area contributed by atoms with Gasteiger partial charge in [-0.05, 0) is 49.4 Å². The summed E-state index contributed by atoms with van der Waals surface area (Å²) in [5, 5.41) is 2.47. The largest absolute Gasteiger partial charge is 0.484 e. The van der Waals surface area contributed by atoms with Crippen LogP contribution in [0.4, 0.5) is 14.9 Å². The van der Waals surface area contributed by atoms with Crippen LogP contribution in [0.1, 0.15) is 17.3 Å². The van der Waals surface area contributed by atoms with E-state index in [1.54, 1.807) is 19.1 Å². The third kappa shape index (κ3) is 6.65. The molecule has 27 heavy (non-hydrogen) atoms. The molecule has 142 valence electrons. The van der Waals surface area contributed by atoms with Crippen molar-refractivity contribution in [3.05, 3.63) is 59.9 Å². The molecular formula is C18H18FN3O5. The number of ether oxygens (including phenoxy) is 2. The van der Waals surface area contributed by atoms with Crippen LogP contribution in [0.5, 0.6) is 5.75 Å². The van der Waals surface area contributed by atoms with Crippen molar-refractivity contribution in [3.8, 4) is 5.75 Å². The summed E-state index contributed by atoms with van der Waals surface area (Å²) >= 11 is 0. The highest BCUT2D eigenvalue weighted by atomic mass is 19.1. The predicted molar refractivity (Wildman–Crippen MR) is 94.6 cm³/mol. The summed E-state index contributed by atoms with van der Waals surface area (Å²) in [7, 11) is 0. The lowest BCUT2D eigenvalue weighted by Gasteiger charge is -2.10. The Morgan fingerprint density at radius 2 is 1.78 bits per heavy atom. The van der Waals surface area contributed by atoms with E-state index >= 15 is 0 Å². The Balaban J connectivity index is 1.81. The Kier molecular flexibility index (Phi) is 7.12. The fourth-order valence-corrected chi connectivity index (χ4v) is 1.94. The van der Waals surface area contributed by atoms with Crippen LogP contribution >= 0.6 is 0 Å². The Hall–Kier alpha value is -3.62. The summed E-state index contributed by atoms with van der Waals surface area (Å²) in [6.07, 6.45) is -0.638. The average Bonchev–Trinajstić information content (AvgIpc) is 2.66. The number of hydrogen-bond acceptors (Lipinski definition) is 5. The second kappa shape index (κ2) is 9.76.